The number of thioether (sulfide) groups is 1. The molecule has 0 radical (unpaired) electrons. The van der Waals surface area contributed by atoms with Crippen LogP contribution < -0.4 is 5.32 Å². The Bertz CT molecular complexity index is 676. The minimum Gasteiger partial charge on any atom is -0.305 e. The summed E-state index contributed by atoms with van der Waals surface area (Å²) < 4.78 is 37.9. The molecule has 1 N–H and O–H groups in total. The van der Waals surface area contributed by atoms with Crippen molar-refractivity contribution in [3.63, 3.8) is 0 Å². The summed E-state index contributed by atoms with van der Waals surface area (Å²) in [5, 5.41) is 2.34. The Morgan fingerprint density at radius 2 is 2.05 bits per heavy atom. The molecule has 2 aromatic rings. The summed E-state index contributed by atoms with van der Waals surface area (Å²) in [6, 6.07) is 5.05. The number of hydrogen-bond donors (Lipinski definition) is 1. The smallest absolute Gasteiger partial charge is 0.305 e. The summed E-state index contributed by atoms with van der Waals surface area (Å²) in [6.07, 6.45) is -2.04. The Morgan fingerprint density at radius 1 is 1.27 bits per heavy atom. The first-order chi connectivity index (χ1) is 10.4. The lowest BCUT2D eigenvalue weighted by Crippen LogP contribution is -2.16. The number of hydrogen-bond acceptors (Lipinski definition) is 4. The molecule has 0 saturated heterocycles. The second-order valence-electron chi connectivity index (χ2n) is 4.16. The highest BCUT2D eigenvalue weighted by atomic mass is 32.2. The van der Waals surface area contributed by atoms with Crippen LogP contribution in [0.5, 0.6) is 0 Å². The normalized spacial score (nSPS) is 11.3. The fraction of sp³-hybridized carbons (Fsp3) is 0.214. The van der Waals surface area contributed by atoms with Crippen LogP contribution in [0.1, 0.15) is 23.0 Å². The van der Waals surface area contributed by atoms with Crippen molar-refractivity contribution in [2.75, 3.05) is 11.1 Å². The van der Waals surface area contributed by atoms with Crippen LogP contribution in [0.2, 0.25) is 0 Å². The van der Waals surface area contributed by atoms with Gasteiger partial charge in [-0.15, -0.1) is 11.8 Å². The number of aromatic nitrogens is 2. The fourth-order valence-electron chi connectivity index (χ4n) is 1.68. The molecular formula is C14H12F3N3OS. The molecule has 0 fully saturated rings. The van der Waals surface area contributed by atoms with E-state index in [0.29, 0.717) is 4.90 Å². The summed E-state index contributed by atoms with van der Waals surface area (Å²) in [4.78, 5) is 20.5. The largest absolute Gasteiger partial charge is 0.416 e. The third-order valence-corrected chi connectivity index (χ3v) is 3.54. The molecule has 0 unspecified atom stereocenters. The van der Waals surface area contributed by atoms with Gasteiger partial charge in [0, 0.05) is 17.3 Å². The topological polar surface area (TPSA) is 54.9 Å². The predicted octanol–water partition coefficient (Wildman–Crippen LogP) is 3.86. The molecule has 0 aliphatic carbocycles. The molecule has 4 nitrogen and oxygen atoms in total. The van der Waals surface area contributed by atoms with E-state index < -0.39 is 17.6 Å². The van der Waals surface area contributed by atoms with E-state index in [-0.39, 0.29) is 11.5 Å². The third kappa shape index (κ3) is 3.97. The standard InChI is InChI=1S/C14H12F3N3OS/c1-2-22-10-4-3-6-19-12(10)13(21)20-11-8-9(5-7-18-11)14(15,16)17/h3-8H,2H2,1H3,(H,18,20,21). The monoisotopic (exact) mass is 327 g/mol. The van der Waals surface area contributed by atoms with E-state index in [9.17, 15) is 18.0 Å². The number of rotatable bonds is 4. The van der Waals surface area contributed by atoms with Crippen molar-refractivity contribution >= 4 is 23.5 Å². The van der Waals surface area contributed by atoms with E-state index in [4.69, 9.17) is 0 Å². The van der Waals surface area contributed by atoms with Crippen molar-refractivity contribution in [1.82, 2.24) is 9.97 Å². The molecule has 1 amide bonds. The van der Waals surface area contributed by atoms with Crippen LogP contribution in [0.15, 0.2) is 41.6 Å². The van der Waals surface area contributed by atoms with Crippen molar-refractivity contribution < 1.29 is 18.0 Å². The molecule has 0 aliphatic rings. The van der Waals surface area contributed by atoms with Crippen LogP contribution in [0.3, 0.4) is 0 Å². The number of anilines is 1. The first-order valence-electron chi connectivity index (χ1n) is 6.34. The van der Waals surface area contributed by atoms with E-state index in [1.165, 1.54) is 18.0 Å². The molecular weight excluding hydrogens is 315 g/mol. The van der Waals surface area contributed by atoms with Crippen LogP contribution in [-0.4, -0.2) is 21.6 Å². The SMILES string of the molecule is CCSc1cccnc1C(=O)Nc1cc(C(F)(F)F)ccn1. The molecule has 0 aliphatic heterocycles. The van der Waals surface area contributed by atoms with Crippen LogP contribution in [0, 0.1) is 0 Å². The zero-order chi connectivity index (χ0) is 16.2. The second kappa shape index (κ2) is 6.78. The van der Waals surface area contributed by atoms with Gasteiger partial charge in [-0.25, -0.2) is 9.97 Å². The van der Waals surface area contributed by atoms with E-state index >= 15 is 0 Å². The van der Waals surface area contributed by atoms with Gasteiger partial charge in [0.05, 0.1) is 5.56 Å². The van der Waals surface area contributed by atoms with Crippen molar-refractivity contribution in [3.05, 3.63) is 47.9 Å². The molecule has 0 saturated carbocycles. The van der Waals surface area contributed by atoms with Crippen molar-refractivity contribution in [1.29, 1.82) is 0 Å². The van der Waals surface area contributed by atoms with Crippen LogP contribution in [0.4, 0.5) is 19.0 Å². The number of carbonyl (C=O) groups is 1. The number of halogens is 3. The van der Waals surface area contributed by atoms with Gasteiger partial charge in [0.1, 0.15) is 11.5 Å². The number of amides is 1. The van der Waals surface area contributed by atoms with Gasteiger partial charge in [-0.3, -0.25) is 4.79 Å². The minimum absolute atomic E-state index is 0.161. The van der Waals surface area contributed by atoms with E-state index in [0.717, 1.165) is 24.1 Å². The summed E-state index contributed by atoms with van der Waals surface area (Å²) in [7, 11) is 0. The maximum absolute atomic E-state index is 12.6. The van der Waals surface area contributed by atoms with Gasteiger partial charge in [-0.2, -0.15) is 13.2 Å². The average molecular weight is 327 g/mol. The van der Waals surface area contributed by atoms with Gasteiger partial charge in [0.2, 0.25) is 0 Å². The fourth-order valence-corrected chi connectivity index (χ4v) is 2.45. The lowest BCUT2D eigenvalue weighted by atomic mass is 10.2. The van der Waals surface area contributed by atoms with E-state index in [1.807, 2.05) is 6.92 Å². The summed E-state index contributed by atoms with van der Waals surface area (Å²) in [5.41, 5.74) is -0.712. The second-order valence-corrected chi connectivity index (χ2v) is 5.47. The van der Waals surface area contributed by atoms with Crippen LogP contribution in [0.25, 0.3) is 0 Å². The van der Waals surface area contributed by atoms with Gasteiger partial charge in [-0.05, 0) is 30.0 Å². The maximum atomic E-state index is 12.6. The Morgan fingerprint density at radius 3 is 2.73 bits per heavy atom. The lowest BCUT2D eigenvalue weighted by molar-refractivity contribution is -0.137. The summed E-state index contributed by atoms with van der Waals surface area (Å²) in [5.74, 6) is -0.0189. The van der Waals surface area contributed by atoms with Crippen molar-refractivity contribution in [3.8, 4) is 0 Å². The van der Waals surface area contributed by atoms with Gasteiger partial charge < -0.3 is 5.32 Å². The summed E-state index contributed by atoms with van der Waals surface area (Å²) in [6.45, 7) is 1.92. The highest BCUT2D eigenvalue weighted by Crippen LogP contribution is 2.30. The summed E-state index contributed by atoms with van der Waals surface area (Å²) >= 11 is 1.42. The van der Waals surface area contributed by atoms with Gasteiger partial charge >= 0.3 is 6.18 Å². The molecule has 2 aromatic heterocycles. The highest BCUT2D eigenvalue weighted by molar-refractivity contribution is 7.99. The molecule has 116 valence electrons. The predicted molar refractivity (Wildman–Crippen MR) is 77.8 cm³/mol. The van der Waals surface area contributed by atoms with Crippen LogP contribution in [-0.2, 0) is 6.18 Å². The number of nitrogens with one attached hydrogen (secondary N) is 1. The Labute approximate surface area is 129 Å². The van der Waals surface area contributed by atoms with Crippen LogP contribution >= 0.6 is 11.8 Å². The first-order valence-corrected chi connectivity index (χ1v) is 7.32. The van der Waals surface area contributed by atoms with Gasteiger partial charge in [0.15, 0.2) is 0 Å². The Hall–Kier alpha value is -2.09. The maximum Gasteiger partial charge on any atom is 0.416 e. The molecule has 0 spiro atoms. The molecule has 22 heavy (non-hydrogen) atoms. The van der Waals surface area contributed by atoms with Crippen molar-refractivity contribution in [2.24, 2.45) is 0 Å². The van der Waals surface area contributed by atoms with E-state index in [2.05, 4.69) is 15.3 Å². The number of pyridine rings is 2. The molecule has 0 atom stereocenters. The van der Waals surface area contributed by atoms with E-state index in [1.54, 1.807) is 12.1 Å². The Kier molecular flexibility index (Phi) is 5.02. The van der Waals surface area contributed by atoms with Crippen molar-refractivity contribution in [2.45, 2.75) is 18.0 Å². The molecule has 0 bridgehead atoms. The highest BCUT2D eigenvalue weighted by Gasteiger charge is 2.31. The number of alkyl halides is 3. The molecule has 2 heterocycles. The Balaban J connectivity index is 2.23. The van der Waals surface area contributed by atoms with Gasteiger partial charge in [-0.1, -0.05) is 6.92 Å². The average Bonchev–Trinajstić information content (AvgIpc) is 2.47. The minimum atomic E-state index is -4.49. The number of carbonyl (C=O) groups excluding carboxylic acids is 1. The first kappa shape index (κ1) is 16.3. The van der Waals surface area contributed by atoms with Gasteiger partial charge in [0.25, 0.3) is 5.91 Å². The molecule has 8 heteroatoms. The quantitative estimate of drug-likeness (QED) is 0.867. The molecule has 0 aromatic carbocycles. The molecule has 2 rings (SSSR count). The third-order valence-electron chi connectivity index (χ3n) is 2.61. The lowest BCUT2D eigenvalue weighted by Gasteiger charge is -2.10. The zero-order valence-electron chi connectivity index (χ0n) is 11.5. The number of nitrogens with zero attached hydrogens (tertiary/aromatic N) is 2. The zero-order valence-corrected chi connectivity index (χ0v) is 12.3.